The van der Waals surface area contributed by atoms with Gasteiger partial charge in [-0.2, -0.15) is 0 Å². The molecule has 5 nitrogen and oxygen atoms in total. The van der Waals surface area contributed by atoms with Gasteiger partial charge in [-0.15, -0.1) is 0 Å². The number of pyridine rings is 1. The number of benzene rings is 3. The molecule has 0 bridgehead atoms. The van der Waals surface area contributed by atoms with Crippen LogP contribution in [0.3, 0.4) is 0 Å². The highest BCUT2D eigenvalue weighted by molar-refractivity contribution is 5.96. The minimum absolute atomic E-state index is 0.0206. The molecule has 0 aliphatic rings. The Hall–Kier alpha value is -4.32. The van der Waals surface area contributed by atoms with Gasteiger partial charge in [0, 0.05) is 17.4 Å². The van der Waals surface area contributed by atoms with Crippen LogP contribution >= 0.6 is 0 Å². The van der Waals surface area contributed by atoms with Crippen molar-refractivity contribution in [3.8, 4) is 0 Å². The Morgan fingerprint density at radius 2 is 1.47 bits per heavy atom. The standard InChI is InChI=1S/C28H24FN3O2/c29-23-14-16-25(17-15-23)32(20-24-13-7-8-18-30-24)27(33)19-26(21-9-3-1-4-10-21)31-28(34)22-11-5-2-6-12-22/h1-18,26H,19-20H2,(H,31,34). The number of carbonyl (C=O) groups is 2. The van der Waals surface area contributed by atoms with E-state index in [1.54, 1.807) is 53.6 Å². The van der Waals surface area contributed by atoms with Crippen molar-refractivity contribution in [2.45, 2.75) is 19.0 Å². The average Bonchev–Trinajstić information content (AvgIpc) is 2.89. The Balaban J connectivity index is 1.61. The minimum Gasteiger partial charge on any atom is -0.345 e. The Bertz CT molecular complexity index is 1220. The van der Waals surface area contributed by atoms with E-state index in [4.69, 9.17) is 0 Å². The molecule has 4 rings (SSSR count). The summed E-state index contributed by atoms with van der Waals surface area (Å²) >= 11 is 0. The van der Waals surface area contributed by atoms with Gasteiger partial charge in [0.15, 0.2) is 0 Å². The summed E-state index contributed by atoms with van der Waals surface area (Å²) in [5, 5.41) is 3.00. The second-order valence-electron chi connectivity index (χ2n) is 7.78. The zero-order valence-electron chi connectivity index (χ0n) is 18.5. The lowest BCUT2D eigenvalue weighted by Gasteiger charge is -2.26. The molecule has 1 unspecified atom stereocenters. The molecular formula is C28H24FN3O2. The van der Waals surface area contributed by atoms with Crippen molar-refractivity contribution in [3.63, 3.8) is 0 Å². The number of halogens is 1. The molecule has 170 valence electrons. The van der Waals surface area contributed by atoms with E-state index in [9.17, 15) is 14.0 Å². The molecule has 0 fully saturated rings. The fourth-order valence-corrected chi connectivity index (χ4v) is 3.65. The van der Waals surface area contributed by atoms with Gasteiger partial charge in [0.05, 0.1) is 24.7 Å². The minimum atomic E-state index is -0.548. The highest BCUT2D eigenvalue weighted by Gasteiger charge is 2.24. The largest absolute Gasteiger partial charge is 0.345 e. The van der Waals surface area contributed by atoms with Crippen molar-refractivity contribution in [2.24, 2.45) is 0 Å². The third kappa shape index (κ3) is 5.92. The summed E-state index contributed by atoms with van der Waals surface area (Å²) in [6.45, 7) is 0.222. The molecule has 6 heteroatoms. The monoisotopic (exact) mass is 453 g/mol. The Kier molecular flexibility index (Phi) is 7.40. The second-order valence-corrected chi connectivity index (χ2v) is 7.78. The summed E-state index contributed by atoms with van der Waals surface area (Å²) in [7, 11) is 0. The third-order valence-corrected chi connectivity index (χ3v) is 5.41. The number of nitrogens with one attached hydrogen (secondary N) is 1. The Morgan fingerprint density at radius 1 is 0.824 bits per heavy atom. The molecule has 0 spiro atoms. The van der Waals surface area contributed by atoms with Crippen LogP contribution < -0.4 is 10.2 Å². The van der Waals surface area contributed by atoms with Crippen LogP contribution in [-0.2, 0) is 11.3 Å². The molecule has 0 aliphatic carbocycles. The molecule has 0 aliphatic heterocycles. The van der Waals surface area contributed by atoms with Crippen LogP contribution in [0.2, 0.25) is 0 Å². The highest BCUT2D eigenvalue weighted by atomic mass is 19.1. The molecule has 34 heavy (non-hydrogen) atoms. The molecule has 0 saturated heterocycles. The lowest BCUT2D eigenvalue weighted by atomic mass is 10.0. The predicted octanol–water partition coefficient (Wildman–Crippen LogP) is 5.32. The van der Waals surface area contributed by atoms with Crippen molar-refractivity contribution in [3.05, 3.63) is 132 Å². The number of nitrogens with zero attached hydrogens (tertiary/aromatic N) is 2. The lowest BCUT2D eigenvalue weighted by molar-refractivity contribution is -0.119. The summed E-state index contributed by atoms with van der Waals surface area (Å²) in [6.07, 6.45) is 1.68. The maximum Gasteiger partial charge on any atom is 0.251 e. The lowest BCUT2D eigenvalue weighted by Crippen LogP contribution is -2.36. The second kappa shape index (κ2) is 11.0. The van der Waals surface area contributed by atoms with Crippen LogP contribution in [0.1, 0.15) is 34.1 Å². The molecule has 3 aromatic carbocycles. The van der Waals surface area contributed by atoms with Gasteiger partial charge in [0.1, 0.15) is 5.82 Å². The van der Waals surface area contributed by atoms with Crippen LogP contribution in [-0.4, -0.2) is 16.8 Å². The van der Waals surface area contributed by atoms with E-state index in [-0.39, 0.29) is 30.6 Å². The van der Waals surface area contributed by atoms with E-state index in [1.165, 1.54) is 12.1 Å². The van der Waals surface area contributed by atoms with Crippen molar-refractivity contribution < 1.29 is 14.0 Å². The van der Waals surface area contributed by atoms with E-state index < -0.39 is 6.04 Å². The van der Waals surface area contributed by atoms with Crippen LogP contribution in [0.15, 0.2) is 109 Å². The van der Waals surface area contributed by atoms with Crippen LogP contribution in [0.25, 0.3) is 0 Å². The van der Waals surface area contributed by atoms with Gasteiger partial charge in [-0.3, -0.25) is 14.6 Å². The quantitative estimate of drug-likeness (QED) is 0.393. The predicted molar refractivity (Wildman–Crippen MR) is 130 cm³/mol. The number of carbonyl (C=O) groups excluding carboxylic acids is 2. The summed E-state index contributed by atoms with van der Waals surface area (Å²) in [4.78, 5) is 32.4. The Morgan fingerprint density at radius 3 is 2.12 bits per heavy atom. The molecule has 1 atom stereocenters. The van der Waals surface area contributed by atoms with Gasteiger partial charge in [-0.1, -0.05) is 54.6 Å². The summed E-state index contributed by atoms with van der Waals surface area (Å²) in [6, 6.07) is 29.0. The van der Waals surface area contributed by atoms with Crippen molar-refractivity contribution in [1.29, 1.82) is 0 Å². The summed E-state index contributed by atoms with van der Waals surface area (Å²) in [5.74, 6) is -0.869. The highest BCUT2D eigenvalue weighted by Crippen LogP contribution is 2.23. The normalized spacial score (nSPS) is 11.4. The smallest absolute Gasteiger partial charge is 0.251 e. The van der Waals surface area contributed by atoms with E-state index in [0.717, 1.165) is 5.56 Å². The summed E-state index contributed by atoms with van der Waals surface area (Å²) < 4.78 is 13.6. The maximum absolute atomic E-state index is 13.6. The first-order valence-corrected chi connectivity index (χ1v) is 11.0. The van der Waals surface area contributed by atoms with Crippen LogP contribution in [0.5, 0.6) is 0 Å². The zero-order valence-corrected chi connectivity index (χ0v) is 18.5. The average molecular weight is 454 g/mol. The molecular weight excluding hydrogens is 429 g/mol. The number of anilines is 1. The van der Waals surface area contributed by atoms with Gasteiger partial charge >= 0.3 is 0 Å². The van der Waals surface area contributed by atoms with Crippen molar-refractivity contribution >= 4 is 17.5 Å². The fourth-order valence-electron chi connectivity index (χ4n) is 3.65. The van der Waals surface area contributed by atoms with Gasteiger partial charge in [0.2, 0.25) is 5.91 Å². The molecule has 2 amide bonds. The van der Waals surface area contributed by atoms with E-state index in [0.29, 0.717) is 16.9 Å². The maximum atomic E-state index is 13.6. The molecule has 4 aromatic rings. The number of rotatable bonds is 8. The molecule has 1 N–H and O–H groups in total. The Labute approximate surface area is 197 Å². The zero-order chi connectivity index (χ0) is 23.8. The van der Waals surface area contributed by atoms with Gasteiger partial charge in [-0.25, -0.2) is 4.39 Å². The van der Waals surface area contributed by atoms with Crippen LogP contribution in [0.4, 0.5) is 10.1 Å². The number of hydrogen-bond donors (Lipinski definition) is 1. The molecule has 1 aromatic heterocycles. The van der Waals surface area contributed by atoms with E-state index in [1.807, 2.05) is 48.5 Å². The first-order chi connectivity index (χ1) is 16.6. The molecule has 1 heterocycles. The number of aromatic nitrogens is 1. The van der Waals surface area contributed by atoms with Crippen molar-refractivity contribution in [2.75, 3.05) is 4.90 Å². The fraction of sp³-hybridized carbons (Fsp3) is 0.107. The summed E-state index contributed by atoms with van der Waals surface area (Å²) in [5.41, 5.74) is 2.58. The van der Waals surface area contributed by atoms with Crippen molar-refractivity contribution in [1.82, 2.24) is 10.3 Å². The number of hydrogen-bond acceptors (Lipinski definition) is 3. The van der Waals surface area contributed by atoms with Gasteiger partial charge in [-0.05, 0) is 54.1 Å². The van der Waals surface area contributed by atoms with Gasteiger partial charge in [0.25, 0.3) is 5.91 Å². The molecule has 0 saturated carbocycles. The van der Waals surface area contributed by atoms with E-state index >= 15 is 0 Å². The first-order valence-electron chi connectivity index (χ1n) is 11.0. The topological polar surface area (TPSA) is 62.3 Å². The van der Waals surface area contributed by atoms with E-state index in [2.05, 4.69) is 10.3 Å². The SMILES string of the molecule is O=C(NC(CC(=O)N(Cc1ccccn1)c1ccc(F)cc1)c1ccccc1)c1ccccc1. The van der Waals surface area contributed by atoms with Gasteiger partial charge < -0.3 is 10.2 Å². The first kappa shape index (κ1) is 22.9. The molecule has 0 radical (unpaired) electrons. The van der Waals surface area contributed by atoms with Crippen LogP contribution in [0, 0.1) is 5.82 Å². The third-order valence-electron chi connectivity index (χ3n) is 5.41. The number of amides is 2.